The third-order valence-corrected chi connectivity index (χ3v) is 4.79. The van der Waals surface area contributed by atoms with Crippen LogP contribution in [0.4, 0.5) is 0 Å². The first-order valence-electron chi connectivity index (χ1n) is 6.88. The van der Waals surface area contributed by atoms with Crippen LogP contribution in [0.1, 0.15) is 34.6 Å². The average Bonchev–Trinajstić information content (AvgIpc) is 2.42. The molecule has 0 bridgehead atoms. The fourth-order valence-corrected chi connectivity index (χ4v) is 2.17. The van der Waals surface area contributed by atoms with E-state index in [4.69, 9.17) is 10.2 Å². The number of aliphatic hydroxyl groups is 6. The van der Waals surface area contributed by atoms with E-state index in [1.54, 1.807) is 34.6 Å². The van der Waals surface area contributed by atoms with E-state index in [1.807, 2.05) is 0 Å². The zero-order chi connectivity index (χ0) is 16.3. The van der Waals surface area contributed by atoms with Crippen LogP contribution < -0.4 is 0 Å². The monoisotopic (exact) mass is 294 g/mol. The summed E-state index contributed by atoms with van der Waals surface area (Å²) in [4.78, 5) is 0. The van der Waals surface area contributed by atoms with Crippen LogP contribution in [0.3, 0.4) is 0 Å². The summed E-state index contributed by atoms with van der Waals surface area (Å²) in [5.74, 6) is -0.473. The molecule has 0 fully saturated rings. The maximum Gasteiger partial charge on any atom is 0.0880 e. The molecule has 0 rings (SSSR count). The Hall–Kier alpha value is -0.240. The predicted octanol–water partition coefficient (Wildman–Crippen LogP) is -0.897. The first-order chi connectivity index (χ1) is 8.94. The van der Waals surface area contributed by atoms with E-state index < -0.39 is 54.4 Å². The lowest BCUT2D eigenvalue weighted by molar-refractivity contribution is -0.161. The summed E-state index contributed by atoms with van der Waals surface area (Å²) in [5, 5.41) is 58.2. The number of rotatable bonds is 8. The summed E-state index contributed by atoms with van der Waals surface area (Å²) < 4.78 is 0. The van der Waals surface area contributed by atoms with Crippen molar-refractivity contribution >= 4 is 0 Å². The summed E-state index contributed by atoms with van der Waals surface area (Å²) in [6, 6.07) is 0. The fraction of sp³-hybridized carbons (Fsp3) is 1.00. The molecule has 5 atom stereocenters. The molecule has 0 radical (unpaired) electrons. The van der Waals surface area contributed by atoms with E-state index in [0.717, 1.165) is 0 Å². The molecule has 6 heteroatoms. The molecule has 0 amide bonds. The lowest BCUT2D eigenvalue weighted by Crippen LogP contribution is -2.55. The normalized spacial score (nSPS) is 21.1. The smallest absolute Gasteiger partial charge is 0.0880 e. The maximum absolute atomic E-state index is 10.4. The molecule has 20 heavy (non-hydrogen) atoms. The first-order valence-corrected chi connectivity index (χ1v) is 6.88. The molecule has 0 heterocycles. The Balaban J connectivity index is 5.17. The van der Waals surface area contributed by atoms with Crippen molar-refractivity contribution in [2.75, 3.05) is 13.2 Å². The highest BCUT2D eigenvalue weighted by atomic mass is 16.3. The summed E-state index contributed by atoms with van der Waals surface area (Å²) in [6.07, 6.45) is -4.73. The van der Waals surface area contributed by atoms with Gasteiger partial charge in [-0.3, -0.25) is 0 Å². The minimum absolute atomic E-state index is 0.434. The number of hydrogen-bond acceptors (Lipinski definition) is 6. The van der Waals surface area contributed by atoms with Crippen LogP contribution in [0.25, 0.3) is 0 Å². The van der Waals surface area contributed by atoms with E-state index in [9.17, 15) is 20.4 Å². The van der Waals surface area contributed by atoms with Gasteiger partial charge in [0.25, 0.3) is 0 Å². The molecule has 0 aromatic rings. The van der Waals surface area contributed by atoms with E-state index in [2.05, 4.69) is 0 Å². The lowest BCUT2D eigenvalue weighted by Gasteiger charge is -2.45. The first kappa shape index (κ1) is 19.8. The third kappa shape index (κ3) is 3.90. The van der Waals surface area contributed by atoms with Gasteiger partial charge in [-0.15, -0.1) is 0 Å². The zero-order valence-electron chi connectivity index (χ0n) is 13.0. The summed E-state index contributed by atoms with van der Waals surface area (Å²) >= 11 is 0. The van der Waals surface area contributed by atoms with Gasteiger partial charge in [0.2, 0.25) is 0 Å². The van der Waals surface area contributed by atoms with Gasteiger partial charge in [0.05, 0.1) is 37.6 Å². The van der Waals surface area contributed by atoms with Gasteiger partial charge in [-0.2, -0.15) is 0 Å². The summed E-state index contributed by atoms with van der Waals surface area (Å²) in [6.45, 7) is 7.15. The van der Waals surface area contributed by atoms with Gasteiger partial charge in [-0.1, -0.05) is 34.6 Å². The minimum Gasteiger partial charge on any atom is -0.394 e. The molecular formula is C14H30O6. The van der Waals surface area contributed by atoms with E-state index >= 15 is 0 Å². The molecule has 6 nitrogen and oxygen atoms in total. The molecule has 0 aromatic carbocycles. The topological polar surface area (TPSA) is 121 Å². The molecule has 0 spiro atoms. The quantitative estimate of drug-likeness (QED) is 0.345. The van der Waals surface area contributed by atoms with Crippen LogP contribution in [0.5, 0.6) is 0 Å². The van der Waals surface area contributed by atoms with E-state index in [-0.39, 0.29) is 0 Å². The van der Waals surface area contributed by atoms with Gasteiger partial charge >= 0.3 is 0 Å². The minimum atomic E-state index is -1.30. The van der Waals surface area contributed by atoms with Crippen molar-refractivity contribution in [1.82, 2.24) is 0 Å². The standard InChI is InChI=1S/C14H30O6/c1-8(9(17)6-15)13(2,3)11(19)12(20)14(4,5)10(18)7-16/h8-12,15-20H,6-7H2,1-5H3/t8-,9?,10?,11?,12?/m1/s1. The molecule has 0 aliphatic rings. The maximum atomic E-state index is 10.4. The average molecular weight is 294 g/mol. The molecule has 0 saturated carbocycles. The highest BCUT2D eigenvalue weighted by Crippen LogP contribution is 2.39. The molecule has 0 aromatic heterocycles. The third-order valence-electron chi connectivity index (χ3n) is 4.79. The van der Waals surface area contributed by atoms with Crippen LogP contribution in [0.2, 0.25) is 0 Å². The van der Waals surface area contributed by atoms with Gasteiger partial charge in [-0.25, -0.2) is 0 Å². The molecule has 4 unspecified atom stereocenters. The fourth-order valence-electron chi connectivity index (χ4n) is 2.17. The van der Waals surface area contributed by atoms with Gasteiger partial charge in [-0.05, 0) is 11.3 Å². The van der Waals surface area contributed by atoms with E-state index in [1.165, 1.54) is 0 Å². The molecule has 122 valence electrons. The Morgan fingerprint density at radius 2 is 1.15 bits per heavy atom. The number of aliphatic hydroxyl groups excluding tert-OH is 6. The van der Waals surface area contributed by atoms with Gasteiger partial charge in [0.1, 0.15) is 0 Å². The zero-order valence-corrected chi connectivity index (χ0v) is 13.0. The SMILES string of the molecule is C[C@H](C(O)CO)C(C)(C)C(O)C(O)C(C)(C)C(O)CO. The Bertz CT molecular complexity index is 291. The van der Waals surface area contributed by atoms with Crippen molar-refractivity contribution in [1.29, 1.82) is 0 Å². The second kappa shape index (κ2) is 7.15. The highest BCUT2D eigenvalue weighted by molar-refractivity contribution is 4.97. The molecule has 0 aliphatic carbocycles. The second-order valence-corrected chi connectivity index (χ2v) is 6.77. The predicted molar refractivity (Wildman–Crippen MR) is 74.9 cm³/mol. The Labute approximate surface area is 120 Å². The van der Waals surface area contributed by atoms with Gasteiger partial charge in [0.15, 0.2) is 0 Å². The van der Waals surface area contributed by atoms with Crippen LogP contribution in [0, 0.1) is 16.7 Å². The Kier molecular flexibility index (Phi) is 7.07. The number of hydrogen-bond donors (Lipinski definition) is 6. The van der Waals surface area contributed by atoms with Crippen molar-refractivity contribution in [2.24, 2.45) is 16.7 Å². The Morgan fingerprint density at radius 1 is 0.750 bits per heavy atom. The van der Waals surface area contributed by atoms with Crippen LogP contribution in [-0.4, -0.2) is 68.3 Å². The molecule has 0 saturated heterocycles. The van der Waals surface area contributed by atoms with Crippen molar-refractivity contribution < 1.29 is 30.6 Å². The van der Waals surface area contributed by atoms with Crippen molar-refractivity contribution in [3.8, 4) is 0 Å². The van der Waals surface area contributed by atoms with Crippen molar-refractivity contribution in [3.63, 3.8) is 0 Å². The van der Waals surface area contributed by atoms with Crippen LogP contribution >= 0.6 is 0 Å². The Morgan fingerprint density at radius 3 is 1.50 bits per heavy atom. The largest absolute Gasteiger partial charge is 0.394 e. The van der Waals surface area contributed by atoms with Crippen LogP contribution in [0.15, 0.2) is 0 Å². The van der Waals surface area contributed by atoms with Gasteiger partial charge < -0.3 is 30.6 Å². The van der Waals surface area contributed by atoms with Crippen LogP contribution in [-0.2, 0) is 0 Å². The van der Waals surface area contributed by atoms with Gasteiger partial charge in [0, 0.05) is 5.41 Å². The second-order valence-electron chi connectivity index (χ2n) is 6.77. The van der Waals surface area contributed by atoms with E-state index in [0.29, 0.717) is 0 Å². The summed E-state index contributed by atoms with van der Waals surface area (Å²) in [5.41, 5.74) is -2.01. The molecule has 0 aliphatic heterocycles. The van der Waals surface area contributed by atoms with Crippen molar-refractivity contribution in [2.45, 2.75) is 59.0 Å². The molecular weight excluding hydrogens is 264 g/mol. The summed E-state index contributed by atoms with van der Waals surface area (Å²) in [7, 11) is 0. The highest BCUT2D eigenvalue weighted by Gasteiger charge is 2.47. The van der Waals surface area contributed by atoms with Crippen molar-refractivity contribution in [3.05, 3.63) is 0 Å². The molecule has 6 N–H and O–H groups in total. The lowest BCUT2D eigenvalue weighted by atomic mass is 9.66.